The second-order valence-corrected chi connectivity index (χ2v) is 8.98. The van der Waals surface area contributed by atoms with Gasteiger partial charge in [0.15, 0.2) is 5.16 Å². The molecule has 0 bridgehead atoms. The SMILES string of the molecule is O=C(CSc1nc2sc3c(c2c(=O)[nH]1)CCCC3)Nc1ccccc1Br. The molecule has 0 aliphatic heterocycles. The summed E-state index contributed by atoms with van der Waals surface area (Å²) in [6.07, 6.45) is 4.30. The van der Waals surface area contributed by atoms with E-state index >= 15 is 0 Å². The smallest absolute Gasteiger partial charge is 0.260 e. The van der Waals surface area contributed by atoms with Crippen LogP contribution in [0.3, 0.4) is 0 Å². The lowest BCUT2D eigenvalue weighted by atomic mass is 9.97. The Morgan fingerprint density at radius 1 is 1.31 bits per heavy atom. The second-order valence-electron chi connectivity index (χ2n) is 6.08. The first-order valence-corrected chi connectivity index (χ1v) is 10.9. The number of amides is 1. The standard InChI is InChI=1S/C18H16BrN3O2S2/c19-11-6-2-3-7-12(11)20-14(23)9-25-18-21-16(24)15-10-5-1-4-8-13(10)26-17(15)22-18/h2-3,6-7H,1,4-5,8-9H2,(H,20,23)(H,21,22,24). The van der Waals surface area contributed by atoms with Gasteiger partial charge in [-0.2, -0.15) is 0 Å². The van der Waals surface area contributed by atoms with Crippen LogP contribution in [0.4, 0.5) is 5.69 Å². The van der Waals surface area contributed by atoms with Crippen molar-refractivity contribution in [1.29, 1.82) is 0 Å². The molecule has 0 radical (unpaired) electrons. The number of carbonyl (C=O) groups is 1. The van der Waals surface area contributed by atoms with Crippen LogP contribution in [-0.2, 0) is 17.6 Å². The zero-order valence-corrected chi connectivity index (χ0v) is 17.0. The molecule has 8 heteroatoms. The molecule has 134 valence electrons. The highest BCUT2D eigenvalue weighted by Gasteiger charge is 2.20. The van der Waals surface area contributed by atoms with E-state index in [1.165, 1.54) is 28.6 Å². The highest BCUT2D eigenvalue weighted by Crippen LogP contribution is 2.34. The molecule has 0 saturated heterocycles. The maximum Gasteiger partial charge on any atom is 0.260 e. The Kier molecular flexibility index (Phi) is 5.15. The van der Waals surface area contributed by atoms with Gasteiger partial charge in [0.1, 0.15) is 4.83 Å². The molecule has 0 unspecified atom stereocenters. The van der Waals surface area contributed by atoms with Gasteiger partial charge in [-0.3, -0.25) is 9.59 Å². The minimum Gasteiger partial charge on any atom is -0.324 e. The molecule has 5 nitrogen and oxygen atoms in total. The molecule has 0 atom stereocenters. The van der Waals surface area contributed by atoms with Gasteiger partial charge in [-0.15, -0.1) is 11.3 Å². The Morgan fingerprint density at radius 2 is 2.12 bits per heavy atom. The Labute approximate surface area is 166 Å². The molecule has 1 aromatic carbocycles. The molecule has 3 aromatic rings. The molecule has 2 aromatic heterocycles. The van der Waals surface area contributed by atoms with Crippen LogP contribution in [0, 0.1) is 0 Å². The van der Waals surface area contributed by atoms with Crippen LogP contribution in [-0.4, -0.2) is 21.6 Å². The number of nitrogens with zero attached hydrogens (tertiary/aromatic N) is 1. The molecular formula is C18H16BrN3O2S2. The van der Waals surface area contributed by atoms with E-state index in [2.05, 4.69) is 31.2 Å². The number of thiophene rings is 1. The van der Waals surface area contributed by atoms with Crippen molar-refractivity contribution < 1.29 is 4.79 Å². The number of H-pyrrole nitrogens is 1. The fourth-order valence-corrected chi connectivity index (χ4v) is 5.46. The first kappa shape index (κ1) is 17.8. The fourth-order valence-electron chi connectivity index (χ4n) is 3.10. The van der Waals surface area contributed by atoms with E-state index in [4.69, 9.17) is 0 Å². The van der Waals surface area contributed by atoms with Gasteiger partial charge in [0.05, 0.1) is 16.8 Å². The minimum absolute atomic E-state index is 0.0943. The Balaban J connectivity index is 1.50. The largest absolute Gasteiger partial charge is 0.324 e. The molecule has 2 heterocycles. The number of carbonyl (C=O) groups excluding carboxylic acids is 1. The second kappa shape index (κ2) is 7.54. The maximum absolute atomic E-state index is 12.5. The topological polar surface area (TPSA) is 74.8 Å². The van der Waals surface area contributed by atoms with Crippen LogP contribution in [0.1, 0.15) is 23.3 Å². The number of rotatable bonds is 4. The summed E-state index contributed by atoms with van der Waals surface area (Å²) in [5.41, 5.74) is 1.80. The number of fused-ring (bicyclic) bond motifs is 3. The summed E-state index contributed by atoms with van der Waals surface area (Å²) in [4.78, 5) is 34.2. The predicted molar refractivity (Wildman–Crippen MR) is 110 cm³/mol. The molecule has 4 rings (SSSR count). The van der Waals surface area contributed by atoms with Crippen molar-refractivity contribution in [3.8, 4) is 0 Å². The van der Waals surface area contributed by atoms with Crippen LogP contribution in [0.2, 0.25) is 0 Å². The number of halogens is 1. The molecular weight excluding hydrogens is 434 g/mol. The lowest BCUT2D eigenvalue weighted by Crippen LogP contribution is -2.16. The molecule has 1 aliphatic rings. The summed E-state index contributed by atoms with van der Waals surface area (Å²) in [6.45, 7) is 0. The fraction of sp³-hybridized carbons (Fsp3) is 0.278. The number of benzene rings is 1. The molecule has 0 saturated carbocycles. The predicted octanol–water partition coefficient (Wildman–Crippen LogP) is 4.36. The first-order chi connectivity index (χ1) is 12.6. The highest BCUT2D eigenvalue weighted by molar-refractivity contribution is 9.10. The van der Waals surface area contributed by atoms with Gasteiger partial charge >= 0.3 is 0 Å². The lowest BCUT2D eigenvalue weighted by Gasteiger charge is -2.09. The quantitative estimate of drug-likeness (QED) is 0.458. The average molecular weight is 450 g/mol. The number of para-hydroxylation sites is 1. The number of thioether (sulfide) groups is 1. The third kappa shape index (κ3) is 3.58. The van der Waals surface area contributed by atoms with Gasteiger partial charge in [0.2, 0.25) is 5.91 Å². The van der Waals surface area contributed by atoms with Crippen molar-refractivity contribution >= 4 is 60.8 Å². The average Bonchev–Trinajstić information content (AvgIpc) is 3.01. The van der Waals surface area contributed by atoms with Gasteiger partial charge < -0.3 is 10.3 Å². The third-order valence-corrected chi connectivity index (χ3v) is 7.04. The van der Waals surface area contributed by atoms with Crippen LogP contribution >= 0.6 is 39.0 Å². The van der Waals surface area contributed by atoms with Gasteiger partial charge in [-0.25, -0.2) is 4.98 Å². The number of anilines is 1. The third-order valence-electron chi connectivity index (χ3n) is 4.29. The molecule has 26 heavy (non-hydrogen) atoms. The minimum atomic E-state index is -0.143. The number of aromatic amines is 1. The number of aromatic nitrogens is 2. The van der Waals surface area contributed by atoms with Crippen molar-refractivity contribution in [2.24, 2.45) is 0 Å². The summed E-state index contributed by atoms with van der Waals surface area (Å²) >= 11 is 6.26. The van der Waals surface area contributed by atoms with E-state index in [0.717, 1.165) is 39.6 Å². The van der Waals surface area contributed by atoms with Crippen molar-refractivity contribution in [3.05, 3.63) is 49.5 Å². The molecule has 0 spiro atoms. The summed E-state index contributed by atoms with van der Waals surface area (Å²) in [5.74, 6) is 0.0380. The van der Waals surface area contributed by atoms with E-state index in [0.29, 0.717) is 5.16 Å². The monoisotopic (exact) mass is 449 g/mol. The van der Waals surface area contributed by atoms with Crippen molar-refractivity contribution in [2.45, 2.75) is 30.8 Å². The number of nitrogens with one attached hydrogen (secondary N) is 2. The Bertz CT molecular complexity index is 1040. The van der Waals surface area contributed by atoms with E-state index in [-0.39, 0.29) is 17.2 Å². The summed E-state index contributed by atoms with van der Waals surface area (Å²) < 4.78 is 0.829. The maximum atomic E-state index is 12.5. The molecule has 1 aliphatic carbocycles. The van der Waals surface area contributed by atoms with Gasteiger partial charge in [0.25, 0.3) is 5.56 Å². The summed E-state index contributed by atoms with van der Waals surface area (Å²) in [6, 6.07) is 7.45. The van der Waals surface area contributed by atoms with E-state index in [1.54, 1.807) is 11.3 Å². The van der Waals surface area contributed by atoms with Crippen LogP contribution < -0.4 is 10.9 Å². The summed E-state index contributed by atoms with van der Waals surface area (Å²) in [7, 11) is 0. The molecule has 2 N–H and O–H groups in total. The van der Waals surface area contributed by atoms with Crippen LogP contribution in [0.5, 0.6) is 0 Å². The number of hydrogen-bond acceptors (Lipinski definition) is 5. The van der Waals surface area contributed by atoms with Crippen molar-refractivity contribution in [3.63, 3.8) is 0 Å². The number of hydrogen-bond donors (Lipinski definition) is 2. The highest BCUT2D eigenvalue weighted by atomic mass is 79.9. The first-order valence-electron chi connectivity index (χ1n) is 8.33. The zero-order valence-electron chi connectivity index (χ0n) is 13.8. The van der Waals surface area contributed by atoms with Crippen LogP contribution in [0.15, 0.2) is 38.7 Å². The van der Waals surface area contributed by atoms with E-state index < -0.39 is 0 Å². The number of aryl methyl sites for hydroxylation is 2. The van der Waals surface area contributed by atoms with Crippen LogP contribution in [0.25, 0.3) is 10.2 Å². The summed E-state index contributed by atoms with van der Waals surface area (Å²) in [5, 5.41) is 4.08. The molecule has 0 fully saturated rings. The van der Waals surface area contributed by atoms with E-state index in [9.17, 15) is 9.59 Å². The van der Waals surface area contributed by atoms with Crippen molar-refractivity contribution in [1.82, 2.24) is 9.97 Å². The van der Waals surface area contributed by atoms with Gasteiger partial charge in [-0.05, 0) is 59.3 Å². The Hall–Kier alpha value is -1.64. The van der Waals surface area contributed by atoms with Gasteiger partial charge in [-0.1, -0.05) is 23.9 Å². The zero-order chi connectivity index (χ0) is 18.1. The normalized spacial score (nSPS) is 13.6. The van der Waals surface area contributed by atoms with Crippen molar-refractivity contribution in [2.75, 3.05) is 11.1 Å². The lowest BCUT2D eigenvalue weighted by molar-refractivity contribution is -0.113. The van der Waals surface area contributed by atoms with Gasteiger partial charge in [0, 0.05) is 9.35 Å². The van der Waals surface area contributed by atoms with E-state index in [1.807, 2.05) is 24.3 Å². The molecule has 1 amide bonds. The Morgan fingerprint density at radius 3 is 2.96 bits per heavy atom.